The lowest BCUT2D eigenvalue weighted by Crippen LogP contribution is -2.44. The second kappa shape index (κ2) is 12.6. The van der Waals surface area contributed by atoms with E-state index in [0.717, 1.165) is 29.1 Å². The number of nitrogens with one attached hydrogen (secondary N) is 1. The fraction of sp³-hybridized carbons (Fsp3) is 0.321. The quantitative estimate of drug-likeness (QED) is 0.413. The van der Waals surface area contributed by atoms with Gasteiger partial charge < -0.3 is 19.5 Å². The van der Waals surface area contributed by atoms with Gasteiger partial charge in [-0.15, -0.1) is 11.8 Å². The number of nitrogens with zero attached hydrogens (tertiary/aromatic N) is 1. The molecule has 0 aliphatic carbocycles. The molecule has 1 fully saturated rings. The van der Waals surface area contributed by atoms with Crippen molar-refractivity contribution in [2.75, 3.05) is 47.1 Å². The van der Waals surface area contributed by atoms with E-state index in [9.17, 15) is 4.79 Å². The van der Waals surface area contributed by atoms with Crippen LogP contribution >= 0.6 is 11.8 Å². The van der Waals surface area contributed by atoms with E-state index in [1.165, 1.54) is 0 Å². The Hall–Kier alpha value is -3.00. The van der Waals surface area contributed by atoms with E-state index in [2.05, 4.69) is 10.2 Å². The number of thioether (sulfide) groups is 1. The van der Waals surface area contributed by atoms with Crippen LogP contribution < -0.4 is 14.8 Å². The van der Waals surface area contributed by atoms with E-state index in [-0.39, 0.29) is 17.2 Å². The van der Waals surface area contributed by atoms with Gasteiger partial charge in [0.15, 0.2) is 11.5 Å². The molecule has 1 saturated heterocycles. The summed E-state index contributed by atoms with van der Waals surface area (Å²) < 4.78 is 16.5. The van der Waals surface area contributed by atoms with Crippen LogP contribution in [0.4, 0.5) is 0 Å². The number of carbonyl (C=O) groups excluding carboxylic acids is 1. The van der Waals surface area contributed by atoms with E-state index < -0.39 is 0 Å². The summed E-state index contributed by atoms with van der Waals surface area (Å²) in [6.07, 6.45) is 0. The summed E-state index contributed by atoms with van der Waals surface area (Å²) in [5.74, 6) is 1.35. The summed E-state index contributed by atoms with van der Waals surface area (Å²) in [5.41, 5.74) is 2.05. The highest BCUT2D eigenvalue weighted by molar-refractivity contribution is 8.00. The lowest BCUT2D eigenvalue weighted by Gasteiger charge is -2.35. The van der Waals surface area contributed by atoms with Gasteiger partial charge in [0.1, 0.15) is 5.25 Å². The second-order valence-corrected chi connectivity index (χ2v) is 9.42. The molecule has 4 rings (SSSR count). The summed E-state index contributed by atoms with van der Waals surface area (Å²) >= 11 is 1.56. The van der Waals surface area contributed by atoms with Gasteiger partial charge in [0.25, 0.3) is 0 Å². The monoisotopic (exact) mass is 492 g/mol. The maximum Gasteiger partial charge on any atom is 0.238 e. The molecule has 1 aliphatic heterocycles. The molecule has 6 nitrogen and oxygen atoms in total. The Morgan fingerprint density at radius 2 is 1.57 bits per heavy atom. The van der Waals surface area contributed by atoms with Gasteiger partial charge >= 0.3 is 0 Å². The molecule has 7 heteroatoms. The van der Waals surface area contributed by atoms with Crippen LogP contribution in [0.2, 0.25) is 0 Å². The number of carbonyl (C=O) groups is 1. The number of ether oxygens (including phenoxy) is 3. The Morgan fingerprint density at radius 3 is 2.23 bits per heavy atom. The lowest BCUT2D eigenvalue weighted by molar-refractivity contribution is -0.121. The molecule has 3 aromatic carbocycles. The van der Waals surface area contributed by atoms with Crippen LogP contribution in [-0.2, 0) is 9.53 Å². The summed E-state index contributed by atoms with van der Waals surface area (Å²) in [5, 5.41) is 2.90. The van der Waals surface area contributed by atoms with Gasteiger partial charge in [0, 0.05) is 24.5 Å². The van der Waals surface area contributed by atoms with Crippen LogP contribution in [0.25, 0.3) is 0 Å². The highest BCUT2D eigenvalue weighted by Crippen LogP contribution is 2.36. The maximum atomic E-state index is 13.6. The largest absolute Gasteiger partial charge is 0.493 e. The molecular formula is C28H32N2O4S. The minimum atomic E-state index is -0.352. The van der Waals surface area contributed by atoms with Gasteiger partial charge in [-0.25, -0.2) is 0 Å². The maximum absolute atomic E-state index is 13.6. The molecule has 2 atom stereocenters. The van der Waals surface area contributed by atoms with Gasteiger partial charge in [-0.2, -0.15) is 0 Å². The summed E-state index contributed by atoms with van der Waals surface area (Å²) in [7, 11) is 3.27. The normalized spacial score (nSPS) is 15.7. The Morgan fingerprint density at radius 1 is 0.914 bits per heavy atom. The first-order chi connectivity index (χ1) is 17.2. The third-order valence-corrected chi connectivity index (χ3v) is 7.35. The zero-order chi connectivity index (χ0) is 24.5. The predicted molar refractivity (Wildman–Crippen MR) is 139 cm³/mol. The van der Waals surface area contributed by atoms with Crippen molar-refractivity contribution in [2.24, 2.45) is 0 Å². The number of hydrogen-bond donors (Lipinski definition) is 1. The van der Waals surface area contributed by atoms with Crippen molar-refractivity contribution < 1.29 is 19.0 Å². The smallest absolute Gasteiger partial charge is 0.238 e. The average Bonchev–Trinajstić information content (AvgIpc) is 2.93. The first-order valence-corrected chi connectivity index (χ1v) is 12.7. The van der Waals surface area contributed by atoms with Crippen LogP contribution in [0.15, 0.2) is 83.8 Å². The molecule has 0 radical (unpaired) electrons. The first kappa shape index (κ1) is 25.1. The Bertz CT molecular complexity index is 1070. The Labute approximate surface area is 211 Å². The number of morpholine rings is 1. The zero-order valence-electron chi connectivity index (χ0n) is 20.2. The number of amides is 1. The van der Waals surface area contributed by atoms with Crippen LogP contribution in [-0.4, -0.2) is 57.9 Å². The standard InChI is InChI=1S/C28H32N2O4S/c1-32-25-14-13-22(19-26(25)33-2)24(30-15-17-34-18-16-30)20-29-28(31)27(21-9-5-3-6-10-21)35-23-11-7-4-8-12-23/h3-14,19,24,27H,15-18,20H2,1-2H3,(H,29,31). The second-order valence-electron chi connectivity index (χ2n) is 8.25. The van der Waals surface area contributed by atoms with E-state index in [4.69, 9.17) is 14.2 Å². The molecule has 1 aliphatic rings. The van der Waals surface area contributed by atoms with E-state index in [0.29, 0.717) is 31.3 Å². The average molecular weight is 493 g/mol. The molecule has 184 valence electrons. The van der Waals surface area contributed by atoms with Gasteiger partial charge in [0.2, 0.25) is 5.91 Å². The summed E-state index contributed by atoms with van der Waals surface area (Å²) in [6.45, 7) is 3.43. The highest BCUT2D eigenvalue weighted by atomic mass is 32.2. The van der Waals surface area contributed by atoms with E-state index >= 15 is 0 Å². The molecule has 2 unspecified atom stereocenters. The Balaban J connectivity index is 1.56. The number of rotatable bonds is 10. The number of benzene rings is 3. The number of hydrogen-bond acceptors (Lipinski definition) is 6. The van der Waals surface area contributed by atoms with Crippen LogP contribution in [0.1, 0.15) is 22.4 Å². The van der Waals surface area contributed by atoms with Crippen molar-refractivity contribution in [1.29, 1.82) is 0 Å². The molecule has 0 spiro atoms. The minimum Gasteiger partial charge on any atom is -0.493 e. The topological polar surface area (TPSA) is 60.0 Å². The van der Waals surface area contributed by atoms with E-state index in [1.54, 1.807) is 26.0 Å². The van der Waals surface area contributed by atoms with Gasteiger partial charge in [-0.05, 0) is 35.4 Å². The SMILES string of the molecule is COc1ccc(C(CNC(=O)C(Sc2ccccc2)c2ccccc2)N2CCOCC2)cc1OC. The molecule has 1 amide bonds. The molecule has 1 heterocycles. The number of methoxy groups -OCH3 is 2. The van der Waals surface area contributed by atoms with Crippen molar-refractivity contribution in [3.8, 4) is 11.5 Å². The molecular weight excluding hydrogens is 460 g/mol. The molecule has 35 heavy (non-hydrogen) atoms. The van der Waals surface area contributed by atoms with Crippen molar-refractivity contribution in [2.45, 2.75) is 16.2 Å². The minimum absolute atomic E-state index is 0.0104. The zero-order valence-corrected chi connectivity index (χ0v) is 21.0. The fourth-order valence-electron chi connectivity index (χ4n) is 4.23. The third-order valence-electron chi connectivity index (χ3n) is 6.09. The first-order valence-electron chi connectivity index (χ1n) is 11.8. The molecule has 0 bridgehead atoms. The third kappa shape index (κ3) is 6.57. The van der Waals surface area contributed by atoms with Crippen molar-refractivity contribution in [3.05, 3.63) is 90.0 Å². The molecule has 1 N–H and O–H groups in total. The van der Waals surface area contributed by atoms with E-state index in [1.807, 2.05) is 78.9 Å². The van der Waals surface area contributed by atoms with Crippen molar-refractivity contribution >= 4 is 17.7 Å². The summed E-state index contributed by atoms with van der Waals surface area (Å²) in [4.78, 5) is 17.0. The van der Waals surface area contributed by atoms with Gasteiger partial charge in [-0.1, -0.05) is 54.6 Å². The molecule has 0 saturated carbocycles. The summed E-state index contributed by atoms with van der Waals surface area (Å²) in [6, 6.07) is 25.9. The lowest BCUT2D eigenvalue weighted by atomic mass is 10.0. The highest BCUT2D eigenvalue weighted by Gasteiger charge is 2.27. The van der Waals surface area contributed by atoms with Crippen molar-refractivity contribution in [3.63, 3.8) is 0 Å². The predicted octanol–water partition coefficient (Wildman–Crippen LogP) is 4.73. The van der Waals surface area contributed by atoms with Crippen LogP contribution in [0.3, 0.4) is 0 Å². The Kier molecular flexibility index (Phi) is 9.06. The van der Waals surface area contributed by atoms with Gasteiger partial charge in [-0.3, -0.25) is 9.69 Å². The van der Waals surface area contributed by atoms with Crippen molar-refractivity contribution in [1.82, 2.24) is 10.2 Å². The molecule has 0 aromatic heterocycles. The molecule has 3 aromatic rings. The fourth-order valence-corrected chi connectivity index (χ4v) is 5.30. The van der Waals surface area contributed by atoms with Crippen LogP contribution in [0, 0.1) is 0 Å². The van der Waals surface area contributed by atoms with Crippen LogP contribution in [0.5, 0.6) is 11.5 Å². The van der Waals surface area contributed by atoms with Gasteiger partial charge in [0.05, 0.1) is 33.5 Å².